The van der Waals surface area contributed by atoms with Crippen molar-refractivity contribution >= 4 is 11.5 Å². The van der Waals surface area contributed by atoms with Gasteiger partial charge in [0.1, 0.15) is 17.3 Å². The average molecular weight is 460 g/mol. The van der Waals surface area contributed by atoms with Crippen LogP contribution in [0.4, 0.5) is 10.2 Å². The SMILES string of the molecule is C=C1NCCc2cc(-c3nc(-c4ccc(CCCC(CC)N(C)C)cc4F)cnc3N)ccc21. The van der Waals surface area contributed by atoms with E-state index < -0.39 is 0 Å². The number of halogens is 1. The van der Waals surface area contributed by atoms with E-state index in [1.807, 2.05) is 18.2 Å². The predicted octanol–water partition coefficient (Wildman–Crippen LogP) is 5.31. The highest BCUT2D eigenvalue weighted by molar-refractivity contribution is 5.77. The first-order valence-corrected chi connectivity index (χ1v) is 12.0. The number of nitrogen functional groups attached to an aromatic ring is 1. The van der Waals surface area contributed by atoms with E-state index in [2.05, 4.69) is 48.9 Å². The molecule has 1 aromatic heterocycles. The number of anilines is 1. The Labute approximate surface area is 201 Å². The summed E-state index contributed by atoms with van der Waals surface area (Å²) in [6.45, 7) is 7.13. The van der Waals surface area contributed by atoms with E-state index in [1.54, 1.807) is 18.3 Å². The van der Waals surface area contributed by atoms with Crippen molar-refractivity contribution in [2.24, 2.45) is 0 Å². The normalized spacial score (nSPS) is 14.1. The lowest BCUT2D eigenvalue weighted by molar-refractivity contribution is 0.267. The number of nitrogens with two attached hydrogens (primary N) is 1. The summed E-state index contributed by atoms with van der Waals surface area (Å²) in [6, 6.07) is 12.1. The van der Waals surface area contributed by atoms with Gasteiger partial charge in [0.15, 0.2) is 0 Å². The summed E-state index contributed by atoms with van der Waals surface area (Å²) < 4.78 is 15.1. The highest BCUT2D eigenvalue weighted by Gasteiger charge is 2.17. The molecule has 0 bridgehead atoms. The van der Waals surface area contributed by atoms with E-state index in [1.165, 1.54) is 5.56 Å². The van der Waals surface area contributed by atoms with Crippen molar-refractivity contribution in [2.45, 2.75) is 45.1 Å². The van der Waals surface area contributed by atoms with Gasteiger partial charge in [-0.15, -0.1) is 0 Å². The van der Waals surface area contributed by atoms with Gasteiger partial charge < -0.3 is 16.0 Å². The number of rotatable bonds is 8. The Balaban J connectivity index is 1.55. The molecule has 1 atom stereocenters. The van der Waals surface area contributed by atoms with Crippen molar-refractivity contribution in [3.8, 4) is 22.5 Å². The minimum atomic E-state index is -0.282. The summed E-state index contributed by atoms with van der Waals surface area (Å²) >= 11 is 0. The van der Waals surface area contributed by atoms with Gasteiger partial charge in [0.05, 0.1) is 11.9 Å². The standard InChI is InChI=1S/C28H34FN5/c1-5-22(34(3)4)8-6-7-19-9-11-24(25(29)15-19)26-17-32-28(30)27(33-26)21-10-12-23-18(2)31-14-13-20(23)16-21/h9-12,15-17,22,31H,2,5-8,13-14H2,1,3-4H3,(H2,30,32). The van der Waals surface area contributed by atoms with Gasteiger partial charge in [-0.25, -0.2) is 14.4 Å². The Kier molecular flexibility index (Phi) is 7.27. The molecule has 34 heavy (non-hydrogen) atoms. The Morgan fingerprint density at radius 3 is 2.71 bits per heavy atom. The molecule has 3 aromatic rings. The van der Waals surface area contributed by atoms with Crippen molar-refractivity contribution in [3.05, 3.63) is 71.7 Å². The molecule has 0 amide bonds. The van der Waals surface area contributed by atoms with E-state index in [9.17, 15) is 0 Å². The van der Waals surface area contributed by atoms with E-state index in [0.717, 1.165) is 61.0 Å². The highest BCUT2D eigenvalue weighted by Crippen LogP contribution is 2.31. The quantitative estimate of drug-likeness (QED) is 0.478. The molecule has 1 aliphatic rings. The second-order valence-corrected chi connectivity index (χ2v) is 9.25. The first kappa shape index (κ1) is 23.9. The molecule has 2 heterocycles. The van der Waals surface area contributed by atoms with Crippen LogP contribution in [0.5, 0.6) is 0 Å². The van der Waals surface area contributed by atoms with E-state index in [-0.39, 0.29) is 5.82 Å². The fourth-order valence-electron chi connectivity index (χ4n) is 4.72. The molecule has 0 radical (unpaired) electrons. The lowest BCUT2D eigenvalue weighted by Crippen LogP contribution is -2.27. The smallest absolute Gasteiger partial charge is 0.150 e. The molecule has 5 nitrogen and oxygen atoms in total. The molecule has 0 saturated carbocycles. The maximum Gasteiger partial charge on any atom is 0.150 e. The zero-order valence-corrected chi connectivity index (χ0v) is 20.4. The second kappa shape index (κ2) is 10.3. The molecule has 0 spiro atoms. The largest absolute Gasteiger partial charge is 0.385 e. The van der Waals surface area contributed by atoms with Crippen LogP contribution >= 0.6 is 0 Å². The van der Waals surface area contributed by atoms with Crippen molar-refractivity contribution in [1.29, 1.82) is 0 Å². The molecule has 0 fully saturated rings. The van der Waals surface area contributed by atoms with Gasteiger partial charge in [0, 0.05) is 35.0 Å². The summed E-state index contributed by atoms with van der Waals surface area (Å²) in [5, 5.41) is 3.29. The molecule has 1 unspecified atom stereocenters. The molecular formula is C28H34FN5. The fraction of sp³-hybridized carbons (Fsp3) is 0.357. The third-order valence-electron chi connectivity index (χ3n) is 6.75. The lowest BCUT2D eigenvalue weighted by Gasteiger charge is -2.22. The Morgan fingerprint density at radius 2 is 1.97 bits per heavy atom. The van der Waals surface area contributed by atoms with Crippen LogP contribution in [0.3, 0.4) is 0 Å². The van der Waals surface area contributed by atoms with Crippen LogP contribution in [-0.4, -0.2) is 41.5 Å². The Hall–Kier alpha value is -3.25. The molecule has 3 N–H and O–H groups in total. The van der Waals surface area contributed by atoms with Gasteiger partial charge in [0.2, 0.25) is 0 Å². The second-order valence-electron chi connectivity index (χ2n) is 9.25. The fourth-order valence-corrected chi connectivity index (χ4v) is 4.72. The minimum absolute atomic E-state index is 0.282. The van der Waals surface area contributed by atoms with Crippen LogP contribution in [0, 0.1) is 5.82 Å². The number of aryl methyl sites for hydroxylation is 1. The number of nitrogens with zero attached hydrogens (tertiary/aromatic N) is 3. The first-order valence-electron chi connectivity index (χ1n) is 12.0. The summed E-state index contributed by atoms with van der Waals surface area (Å²) in [6.07, 6.45) is 6.55. The maximum atomic E-state index is 15.1. The zero-order chi connectivity index (χ0) is 24.2. The third kappa shape index (κ3) is 5.12. The Bertz CT molecular complexity index is 1190. The molecule has 0 saturated heterocycles. The number of hydrogen-bond donors (Lipinski definition) is 2. The van der Waals surface area contributed by atoms with Gasteiger partial charge >= 0.3 is 0 Å². The highest BCUT2D eigenvalue weighted by atomic mass is 19.1. The average Bonchev–Trinajstić information content (AvgIpc) is 2.82. The van der Waals surface area contributed by atoms with Crippen molar-refractivity contribution in [1.82, 2.24) is 20.2 Å². The molecular weight excluding hydrogens is 425 g/mol. The van der Waals surface area contributed by atoms with E-state index in [0.29, 0.717) is 28.8 Å². The summed E-state index contributed by atoms with van der Waals surface area (Å²) in [5.41, 5.74) is 12.8. The van der Waals surface area contributed by atoms with Gasteiger partial charge in [-0.05, 0) is 75.5 Å². The summed E-state index contributed by atoms with van der Waals surface area (Å²) in [4.78, 5) is 11.3. The zero-order valence-electron chi connectivity index (χ0n) is 20.4. The van der Waals surface area contributed by atoms with E-state index in [4.69, 9.17) is 10.7 Å². The minimum Gasteiger partial charge on any atom is -0.385 e. The molecule has 2 aromatic carbocycles. The van der Waals surface area contributed by atoms with E-state index >= 15 is 4.39 Å². The number of nitrogens with one attached hydrogen (secondary N) is 1. The molecule has 1 aliphatic heterocycles. The summed E-state index contributed by atoms with van der Waals surface area (Å²) in [5.74, 6) is 0.0508. The molecule has 4 rings (SSSR count). The molecule has 0 aliphatic carbocycles. The van der Waals surface area contributed by atoms with Crippen LogP contribution in [0.15, 0.2) is 49.2 Å². The van der Waals surface area contributed by atoms with Gasteiger partial charge in [-0.2, -0.15) is 0 Å². The maximum absolute atomic E-state index is 15.1. The van der Waals surface area contributed by atoms with Crippen molar-refractivity contribution in [3.63, 3.8) is 0 Å². The van der Waals surface area contributed by atoms with Crippen LogP contribution in [0.25, 0.3) is 28.2 Å². The van der Waals surface area contributed by atoms with Gasteiger partial charge in [-0.1, -0.05) is 31.7 Å². The van der Waals surface area contributed by atoms with Crippen LogP contribution in [-0.2, 0) is 12.8 Å². The Morgan fingerprint density at radius 1 is 1.18 bits per heavy atom. The third-order valence-corrected chi connectivity index (χ3v) is 6.75. The summed E-state index contributed by atoms with van der Waals surface area (Å²) in [7, 11) is 4.23. The molecule has 178 valence electrons. The number of fused-ring (bicyclic) bond motifs is 1. The topological polar surface area (TPSA) is 67.1 Å². The number of benzene rings is 2. The molecule has 6 heteroatoms. The monoisotopic (exact) mass is 459 g/mol. The van der Waals surface area contributed by atoms with Gasteiger partial charge in [0.25, 0.3) is 0 Å². The van der Waals surface area contributed by atoms with Crippen LogP contribution in [0.2, 0.25) is 0 Å². The van der Waals surface area contributed by atoms with Crippen LogP contribution in [0.1, 0.15) is 42.9 Å². The lowest BCUT2D eigenvalue weighted by atomic mass is 9.95. The number of aromatic nitrogens is 2. The first-order chi connectivity index (χ1) is 16.4. The van der Waals surface area contributed by atoms with Crippen LogP contribution < -0.4 is 11.1 Å². The van der Waals surface area contributed by atoms with Crippen molar-refractivity contribution < 1.29 is 4.39 Å². The van der Waals surface area contributed by atoms with Crippen molar-refractivity contribution in [2.75, 3.05) is 26.4 Å². The number of hydrogen-bond acceptors (Lipinski definition) is 5. The van der Waals surface area contributed by atoms with Gasteiger partial charge in [-0.3, -0.25) is 0 Å². The predicted molar refractivity (Wildman–Crippen MR) is 139 cm³/mol.